The molecule has 4 nitrogen and oxygen atoms in total. The lowest BCUT2D eigenvalue weighted by atomic mass is 10.2. The van der Waals surface area contributed by atoms with Gasteiger partial charge in [0.25, 0.3) is 0 Å². The number of ether oxygens (including phenoxy) is 2. The first-order valence-electron chi connectivity index (χ1n) is 7.71. The molecular weight excluding hydrogens is 288 g/mol. The average Bonchev–Trinajstić information content (AvgIpc) is 2.61. The van der Waals surface area contributed by atoms with Crippen molar-refractivity contribution in [3.05, 3.63) is 61.2 Å². The molecule has 0 aromatic heterocycles. The Labute approximate surface area is 137 Å². The fourth-order valence-corrected chi connectivity index (χ4v) is 1.95. The highest BCUT2D eigenvalue weighted by Crippen LogP contribution is 2.23. The van der Waals surface area contributed by atoms with Gasteiger partial charge in [-0.2, -0.15) is 10.2 Å². The normalized spacial score (nSPS) is 10.7. The van der Waals surface area contributed by atoms with Crippen LogP contribution in [0.15, 0.2) is 71.4 Å². The van der Waals surface area contributed by atoms with Crippen molar-refractivity contribution < 1.29 is 9.47 Å². The molecule has 23 heavy (non-hydrogen) atoms. The van der Waals surface area contributed by atoms with Crippen LogP contribution < -0.4 is 9.47 Å². The van der Waals surface area contributed by atoms with E-state index < -0.39 is 0 Å². The van der Waals surface area contributed by atoms with Crippen LogP contribution in [0.5, 0.6) is 11.5 Å². The molecule has 0 atom stereocenters. The van der Waals surface area contributed by atoms with Crippen LogP contribution in [0, 0.1) is 0 Å². The Balaban J connectivity index is 1.83. The Morgan fingerprint density at radius 2 is 1.43 bits per heavy atom. The molecule has 4 heteroatoms. The van der Waals surface area contributed by atoms with E-state index in [4.69, 9.17) is 9.47 Å². The number of rotatable bonds is 9. The predicted octanol–water partition coefficient (Wildman–Crippen LogP) is 5.85. The van der Waals surface area contributed by atoms with Gasteiger partial charge in [-0.1, -0.05) is 6.08 Å². The zero-order valence-electron chi connectivity index (χ0n) is 13.4. The molecule has 0 saturated carbocycles. The molecule has 120 valence electrons. The minimum atomic E-state index is 0.723. The van der Waals surface area contributed by atoms with Gasteiger partial charge >= 0.3 is 0 Å². The predicted molar refractivity (Wildman–Crippen MR) is 93.2 cm³/mol. The summed E-state index contributed by atoms with van der Waals surface area (Å²) < 4.78 is 10.8. The molecule has 0 saturated heterocycles. The second-order valence-corrected chi connectivity index (χ2v) is 5.02. The van der Waals surface area contributed by atoms with E-state index in [0.717, 1.165) is 48.7 Å². The van der Waals surface area contributed by atoms with Crippen LogP contribution in [-0.2, 0) is 0 Å². The highest BCUT2D eigenvalue weighted by Gasteiger charge is 1.96. The van der Waals surface area contributed by atoms with Crippen LogP contribution in [-0.4, -0.2) is 13.7 Å². The molecule has 0 aliphatic heterocycles. The summed E-state index contributed by atoms with van der Waals surface area (Å²) in [4.78, 5) is 0. The molecule has 2 aromatic carbocycles. The molecule has 0 bridgehead atoms. The molecule has 0 amide bonds. The van der Waals surface area contributed by atoms with E-state index in [2.05, 4.69) is 16.8 Å². The number of benzene rings is 2. The first kappa shape index (κ1) is 16.7. The van der Waals surface area contributed by atoms with Gasteiger partial charge in [-0.3, -0.25) is 0 Å². The van der Waals surface area contributed by atoms with Crippen molar-refractivity contribution in [1.82, 2.24) is 0 Å². The topological polar surface area (TPSA) is 43.2 Å². The van der Waals surface area contributed by atoms with Crippen LogP contribution >= 0.6 is 0 Å². The maximum Gasteiger partial charge on any atom is 0.119 e. The fraction of sp³-hybridized carbons (Fsp3) is 0.263. The van der Waals surface area contributed by atoms with E-state index in [1.165, 1.54) is 0 Å². The molecule has 0 fully saturated rings. The SMILES string of the molecule is C=CCCCCOc1ccc(N=Nc2ccc(OC)cc2)cc1. The van der Waals surface area contributed by atoms with Crippen molar-refractivity contribution in [3.63, 3.8) is 0 Å². The van der Waals surface area contributed by atoms with Gasteiger partial charge in [-0.25, -0.2) is 0 Å². The van der Waals surface area contributed by atoms with E-state index in [1.54, 1.807) is 7.11 Å². The van der Waals surface area contributed by atoms with Crippen molar-refractivity contribution in [2.75, 3.05) is 13.7 Å². The molecule has 0 radical (unpaired) electrons. The van der Waals surface area contributed by atoms with E-state index in [1.807, 2.05) is 54.6 Å². The second-order valence-electron chi connectivity index (χ2n) is 5.02. The van der Waals surface area contributed by atoms with Crippen LogP contribution in [0.3, 0.4) is 0 Å². The minimum absolute atomic E-state index is 0.723. The van der Waals surface area contributed by atoms with Gasteiger partial charge in [0.2, 0.25) is 0 Å². The molecule has 0 N–H and O–H groups in total. The monoisotopic (exact) mass is 310 g/mol. The number of azo groups is 1. The van der Waals surface area contributed by atoms with Gasteiger partial charge in [-0.05, 0) is 67.8 Å². The lowest BCUT2D eigenvalue weighted by Gasteiger charge is -2.05. The molecule has 0 unspecified atom stereocenters. The Kier molecular flexibility index (Phi) is 6.85. The van der Waals surface area contributed by atoms with Crippen LogP contribution in [0.4, 0.5) is 11.4 Å². The third-order valence-corrected chi connectivity index (χ3v) is 3.26. The number of methoxy groups -OCH3 is 1. The maximum atomic E-state index is 5.68. The minimum Gasteiger partial charge on any atom is -0.497 e. The van der Waals surface area contributed by atoms with Crippen molar-refractivity contribution in [2.24, 2.45) is 10.2 Å². The highest BCUT2D eigenvalue weighted by atomic mass is 16.5. The molecule has 0 spiro atoms. The van der Waals surface area contributed by atoms with Crippen LogP contribution in [0.25, 0.3) is 0 Å². The zero-order valence-corrected chi connectivity index (χ0v) is 13.4. The first-order chi connectivity index (χ1) is 11.3. The Bertz CT molecular complexity index is 619. The molecular formula is C19H22N2O2. The summed E-state index contributed by atoms with van der Waals surface area (Å²) in [5.74, 6) is 1.66. The zero-order chi connectivity index (χ0) is 16.3. The second kappa shape index (κ2) is 9.41. The van der Waals surface area contributed by atoms with Crippen molar-refractivity contribution >= 4 is 11.4 Å². The third kappa shape index (κ3) is 5.94. The molecule has 0 heterocycles. The van der Waals surface area contributed by atoms with Gasteiger partial charge in [0.05, 0.1) is 25.1 Å². The Hall–Kier alpha value is -2.62. The van der Waals surface area contributed by atoms with Crippen LogP contribution in [0.1, 0.15) is 19.3 Å². The van der Waals surface area contributed by atoms with Gasteiger partial charge < -0.3 is 9.47 Å². The lowest BCUT2D eigenvalue weighted by molar-refractivity contribution is 0.307. The van der Waals surface area contributed by atoms with Gasteiger partial charge in [0.1, 0.15) is 11.5 Å². The quantitative estimate of drug-likeness (QED) is 0.331. The van der Waals surface area contributed by atoms with E-state index in [9.17, 15) is 0 Å². The molecule has 2 aromatic rings. The number of nitrogens with zero attached hydrogens (tertiary/aromatic N) is 2. The van der Waals surface area contributed by atoms with E-state index in [0.29, 0.717) is 0 Å². The summed E-state index contributed by atoms with van der Waals surface area (Å²) in [6, 6.07) is 15.1. The number of hydrogen-bond donors (Lipinski definition) is 0. The summed E-state index contributed by atoms with van der Waals surface area (Å²) in [5, 5.41) is 8.41. The van der Waals surface area contributed by atoms with Gasteiger partial charge in [0, 0.05) is 0 Å². The summed E-state index contributed by atoms with van der Waals surface area (Å²) in [6.07, 6.45) is 5.11. The lowest BCUT2D eigenvalue weighted by Crippen LogP contribution is -1.96. The summed E-state index contributed by atoms with van der Waals surface area (Å²) in [7, 11) is 1.64. The smallest absolute Gasteiger partial charge is 0.119 e. The maximum absolute atomic E-state index is 5.68. The molecule has 0 aliphatic rings. The highest BCUT2D eigenvalue weighted by molar-refractivity contribution is 5.44. The third-order valence-electron chi connectivity index (χ3n) is 3.26. The average molecular weight is 310 g/mol. The number of unbranched alkanes of at least 4 members (excludes halogenated alkanes) is 2. The number of hydrogen-bond acceptors (Lipinski definition) is 4. The Morgan fingerprint density at radius 1 is 0.870 bits per heavy atom. The van der Waals surface area contributed by atoms with Crippen molar-refractivity contribution in [1.29, 1.82) is 0 Å². The molecule has 2 rings (SSSR count). The van der Waals surface area contributed by atoms with E-state index in [-0.39, 0.29) is 0 Å². The first-order valence-corrected chi connectivity index (χ1v) is 7.71. The van der Waals surface area contributed by atoms with Crippen LogP contribution in [0.2, 0.25) is 0 Å². The summed E-state index contributed by atoms with van der Waals surface area (Å²) in [6.45, 7) is 4.43. The summed E-state index contributed by atoms with van der Waals surface area (Å²) >= 11 is 0. The summed E-state index contributed by atoms with van der Waals surface area (Å²) in [5.41, 5.74) is 1.58. The van der Waals surface area contributed by atoms with Gasteiger partial charge in [0.15, 0.2) is 0 Å². The standard InChI is InChI=1S/C19H22N2O2/c1-3-4-5-6-15-23-19-13-9-17(10-14-19)21-20-16-7-11-18(22-2)12-8-16/h3,7-14H,1,4-6,15H2,2H3. The van der Waals surface area contributed by atoms with Gasteiger partial charge in [-0.15, -0.1) is 6.58 Å². The fourth-order valence-electron chi connectivity index (χ4n) is 1.95. The van der Waals surface area contributed by atoms with E-state index >= 15 is 0 Å². The molecule has 0 aliphatic carbocycles. The Morgan fingerprint density at radius 3 is 1.96 bits per heavy atom. The number of allylic oxidation sites excluding steroid dienone is 1. The van der Waals surface area contributed by atoms with Crippen molar-refractivity contribution in [3.8, 4) is 11.5 Å². The van der Waals surface area contributed by atoms with Crippen molar-refractivity contribution in [2.45, 2.75) is 19.3 Å². The largest absolute Gasteiger partial charge is 0.497 e.